The van der Waals surface area contributed by atoms with Gasteiger partial charge in [0.15, 0.2) is 5.75 Å². The summed E-state index contributed by atoms with van der Waals surface area (Å²) in [6, 6.07) is 8.39. The molecule has 2 rings (SSSR count). The van der Waals surface area contributed by atoms with E-state index in [0.29, 0.717) is 11.4 Å². The molecule has 0 aliphatic heterocycles. The molecule has 0 spiro atoms. The zero-order valence-electron chi connectivity index (χ0n) is 12.2. The summed E-state index contributed by atoms with van der Waals surface area (Å²) in [6.45, 7) is 5.53. The molecule has 6 nitrogen and oxygen atoms in total. The lowest BCUT2D eigenvalue weighted by Gasteiger charge is -2.16. The first-order valence-corrected chi connectivity index (χ1v) is 6.73. The highest BCUT2D eigenvalue weighted by molar-refractivity contribution is 5.68. The smallest absolute Gasteiger partial charge is 0.333 e. The van der Waals surface area contributed by atoms with Crippen molar-refractivity contribution in [3.05, 3.63) is 52.5 Å². The van der Waals surface area contributed by atoms with Gasteiger partial charge in [-0.25, -0.2) is 0 Å². The van der Waals surface area contributed by atoms with Crippen LogP contribution in [0.5, 0.6) is 5.75 Å². The Morgan fingerprint density at radius 3 is 2.57 bits per heavy atom. The maximum Gasteiger partial charge on any atom is 0.333 e. The van der Waals surface area contributed by atoms with Crippen LogP contribution >= 0.6 is 0 Å². The highest BCUT2D eigenvalue weighted by Gasteiger charge is 2.23. The Morgan fingerprint density at radius 1 is 1.24 bits per heavy atom. The number of nitro benzene ring substituents is 1. The summed E-state index contributed by atoms with van der Waals surface area (Å²) in [5.74, 6) is 0.964. The van der Waals surface area contributed by atoms with Gasteiger partial charge in [0.25, 0.3) is 0 Å². The second-order valence-electron chi connectivity index (χ2n) is 4.96. The summed E-state index contributed by atoms with van der Waals surface area (Å²) in [6.07, 6.45) is 1.43. The molecule has 2 aromatic rings. The first kappa shape index (κ1) is 14.9. The lowest BCUT2D eigenvalue weighted by molar-refractivity contribution is -0.385. The molecule has 1 heterocycles. The number of ether oxygens (including phenoxy) is 1. The molecule has 1 N–H and O–H groups in total. The van der Waals surface area contributed by atoms with E-state index < -0.39 is 4.92 Å². The van der Waals surface area contributed by atoms with Gasteiger partial charge in [0.1, 0.15) is 11.4 Å². The van der Waals surface area contributed by atoms with E-state index in [4.69, 9.17) is 9.15 Å². The van der Waals surface area contributed by atoms with Crippen LogP contribution < -0.4 is 10.1 Å². The van der Waals surface area contributed by atoms with Crippen LogP contribution in [0.4, 0.5) is 11.4 Å². The monoisotopic (exact) mass is 290 g/mol. The molecule has 1 aromatic carbocycles. The number of benzene rings is 1. The number of hydrogen-bond donors (Lipinski definition) is 1. The van der Waals surface area contributed by atoms with Gasteiger partial charge >= 0.3 is 5.69 Å². The fraction of sp³-hybridized carbons (Fsp3) is 0.333. The van der Waals surface area contributed by atoms with Gasteiger partial charge in [0.2, 0.25) is 0 Å². The van der Waals surface area contributed by atoms with E-state index in [1.807, 2.05) is 26.8 Å². The minimum atomic E-state index is -0.436. The third kappa shape index (κ3) is 3.53. The molecule has 6 heteroatoms. The Balaban J connectivity index is 2.32. The Morgan fingerprint density at radius 2 is 2.00 bits per heavy atom. The van der Waals surface area contributed by atoms with E-state index in [2.05, 4.69) is 5.32 Å². The largest absolute Gasteiger partial charge is 0.484 e. The number of rotatable bonds is 6. The molecule has 0 saturated carbocycles. The van der Waals surface area contributed by atoms with E-state index in [-0.39, 0.29) is 23.6 Å². The SMILES string of the molecule is CC(C)Oc1cccc(NC(C)c2ccco2)c1[N+](=O)[O-]. The van der Waals surface area contributed by atoms with Crippen molar-refractivity contribution in [1.29, 1.82) is 0 Å². The highest BCUT2D eigenvalue weighted by Crippen LogP contribution is 2.37. The Labute approximate surface area is 122 Å². The number of anilines is 1. The van der Waals surface area contributed by atoms with Crippen LogP contribution in [0.3, 0.4) is 0 Å². The van der Waals surface area contributed by atoms with E-state index in [9.17, 15) is 10.1 Å². The molecule has 0 radical (unpaired) electrons. The fourth-order valence-electron chi connectivity index (χ4n) is 2.02. The van der Waals surface area contributed by atoms with Crippen LogP contribution in [0.25, 0.3) is 0 Å². The molecular weight excluding hydrogens is 272 g/mol. The first-order chi connectivity index (χ1) is 9.99. The molecule has 21 heavy (non-hydrogen) atoms. The minimum absolute atomic E-state index is 0.0652. The summed E-state index contributed by atoms with van der Waals surface area (Å²) in [5.41, 5.74) is 0.339. The summed E-state index contributed by atoms with van der Waals surface area (Å²) < 4.78 is 10.8. The summed E-state index contributed by atoms with van der Waals surface area (Å²) in [7, 11) is 0. The average molecular weight is 290 g/mol. The van der Waals surface area contributed by atoms with Crippen LogP contribution in [0.2, 0.25) is 0 Å². The Hall–Kier alpha value is -2.50. The van der Waals surface area contributed by atoms with Crippen molar-refractivity contribution >= 4 is 11.4 Å². The number of para-hydroxylation sites is 1. The molecule has 1 unspecified atom stereocenters. The third-order valence-electron chi connectivity index (χ3n) is 2.89. The predicted octanol–water partition coefficient (Wildman–Crippen LogP) is 4.15. The number of nitrogens with one attached hydrogen (secondary N) is 1. The van der Waals surface area contributed by atoms with Crippen molar-refractivity contribution in [3.63, 3.8) is 0 Å². The molecule has 0 fully saturated rings. The van der Waals surface area contributed by atoms with Crippen molar-refractivity contribution in [2.75, 3.05) is 5.32 Å². The molecular formula is C15H18N2O4. The summed E-state index contributed by atoms with van der Waals surface area (Å²) in [4.78, 5) is 10.9. The Bertz CT molecular complexity index is 608. The van der Waals surface area contributed by atoms with Crippen molar-refractivity contribution in [2.45, 2.75) is 32.9 Å². The number of nitrogens with zero attached hydrogens (tertiary/aromatic N) is 1. The highest BCUT2D eigenvalue weighted by atomic mass is 16.6. The van der Waals surface area contributed by atoms with Crippen molar-refractivity contribution < 1.29 is 14.1 Å². The fourth-order valence-corrected chi connectivity index (χ4v) is 2.02. The van der Waals surface area contributed by atoms with Gasteiger partial charge in [0.05, 0.1) is 23.3 Å². The Kier molecular flexibility index (Phi) is 4.47. The van der Waals surface area contributed by atoms with Crippen LogP contribution in [0.15, 0.2) is 41.0 Å². The molecule has 0 saturated heterocycles. The van der Waals surface area contributed by atoms with Crippen LogP contribution in [0.1, 0.15) is 32.6 Å². The second kappa shape index (κ2) is 6.30. The van der Waals surface area contributed by atoms with Gasteiger partial charge < -0.3 is 14.5 Å². The summed E-state index contributed by atoms with van der Waals surface area (Å²) in [5, 5.41) is 14.4. The molecule has 1 atom stereocenters. The average Bonchev–Trinajstić information content (AvgIpc) is 2.91. The van der Waals surface area contributed by atoms with Gasteiger partial charge in [-0.2, -0.15) is 0 Å². The molecule has 1 aromatic heterocycles. The molecule has 112 valence electrons. The number of hydrogen-bond acceptors (Lipinski definition) is 5. The lowest BCUT2D eigenvalue weighted by Crippen LogP contribution is -2.11. The van der Waals surface area contributed by atoms with Crippen molar-refractivity contribution in [3.8, 4) is 5.75 Å². The van der Waals surface area contributed by atoms with E-state index >= 15 is 0 Å². The van der Waals surface area contributed by atoms with E-state index in [0.717, 1.165) is 0 Å². The van der Waals surface area contributed by atoms with E-state index in [1.54, 1.807) is 30.5 Å². The second-order valence-corrected chi connectivity index (χ2v) is 4.96. The number of furan rings is 1. The predicted molar refractivity (Wildman–Crippen MR) is 79.6 cm³/mol. The quantitative estimate of drug-likeness (QED) is 0.638. The minimum Gasteiger partial charge on any atom is -0.484 e. The van der Waals surface area contributed by atoms with Gasteiger partial charge in [-0.1, -0.05) is 6.07 Å². The van der Waals surface area contributed by atoms with Gasteiger partial charge in [-0.3, -0.25) is 10.1 Å². The van der Waals surface area contributed by atoms with Gasteiger partial charge in [0, 0.05) is 0 Å². The molecule has 0 aliphatic carbocycles. The third-order valence-corrected chi connectivity index (χ3v) is 2.89. The zero-order chi connectivity index (χ0) is 15.4. The topological polar surface area (TPSA) is 77.5 Å². The standard InChI is InChI=1S/C15H18N2O4/c1-10(2)21-14-7-4-6-12(15(14)17(18)19)16-11(3)13-8-5-9-20-13/h4-11,16H,1-3H3. The van der Waals surface area contributed by atoms with Crippen LogP contribution in [-0.2, 0) is 0 Å². The molecule has 0 aliphatic rings. The van der Waals surface area contributed by atoms with Gasteiger partial charge in [-0.05, 0) is 45.0 Å². The van der Waals surface area contributed by atoms with Crippen molar-refractivity contribution in [1.82, 2.24) is 0 Å². The van der Waals surface area contributed by atoms with Crippen LogP contribution in [0, 0.1) is 10.1 Å². The zero-order valence-corrected chi connectivity index (χ0v) is 12.2. The summed E-state index contributed by atoms with van der Waals surface area (Å²) >= 11 is 0. The van der Waals surface area contributed by atoms with Gasteiger partial charge in [-0.15, -0.1) is 0 Å². The maximum atomic E-state index is 11.4. The first-order valence-electron chi connectivity index (χ1n) is 6.73. The van der Waals surface area contributed by atoms with Crippen molar-refractivity contribution in [2.24, 2.45) is 0 Å². The lowest BCUT2D eigenvalue weighted by atomic mass is 10.2. The normalized spacial score (nSPS) is 12.2. The maximum absolute atomic E-state index is 11.4. The van der Waals surface area contributed by atoms with Crippen LogP contribution in [-0.4, -0.2) is 11.0 Å². The molecule has 0 amide bonds. The number of nitro groups is 1. The van der Waals surface area contributed by atoms with E-state index in [1.165, 1.54) is 0 Å². The molecule has 0 bridgehead atoms.